The zero-order valence-corrected chi connectivity index (χ0v) is 9.66. The quantitative estimate of drug-likeness (QED) is 0.356. The first kappa shape index (κ1) is 22.6. The second kappa shape index (κ2) is 14.5. The van der Waals surface area contributed by atoms with E-state index in [0.29, 0.717) is 12.8 Å². The summed E-state index contributed by atoms with van der Waals surface area (Å²) in [5.74, 6) is -3.89. The number of hydrogen-bond donors (Lipinski definition) is 4. The molecule has 106 valence electrons. The molecule has 0 rings (SSSR count). The third-order valence-corrected chi connectivity index (χ3v) is 1.58. The molecule has 4 N–H and O–H groups in total. The van der Waals surface area contributed by atoms with Crippen molar-refractivity contribution in [2.24, 2.45) is 0 Å². The molecule has 8 nitrogen and oxygen atoms in total. The number of hydrogen-bond acceptors (Lipinski definition) is 4. The maximum absolute atomic E-state index is 9.90. The Labute approximate surface area is 121 Å². The molecule has 0 aliphatic carbocycles. The summed E-state index contributed by atoms with van der Waals surface area (Å²) in [6, 6.07) is 0. The van der Waals surface area contributed by atoms with Crippen LogP contribution < -0.4 is 0 Å². The Morgan fingerprint density at radius 1 is 0.526 bits per heavy atom. The van der Waals surface area contributed by atoms with E-state index in [9.17, 15) is 19.2 Å². The number of carboxylic acids is 4. The van der Waals surface area contributed by atoms with Crippen LogP contribution in [-0.2, 0) is 19.2 Å². The van der Waals surface area contributed by atoms with E-state index in [1.807, 2.05) is 0 Å². The van der Waals surface area contributed by atoms with Gasteiger partial charge in [-0.3, -0.25) is 19.2 Å². The van der Waals surface area contributed by atoms with Crippen LogP contribution >= 0.6 is 0 Å². The van der Waals surface area contributed by atoms with Gasteiger partial charge in [-0.05, 0) is 12.8 Å². The molecule has 0 aromatic heterocycles. The Morgan fingerprint density at radius 2 is 0.737 bits per heavy atom. The van der Waals surface area contributed by atoms with Crippen LogP contribution in [0.15, 0.2) is 0 Å². The topological polar surface area (TPSA) is 149 Å². The fraction of sp³-hybridized carbons (Fsp3) is 0.600. The van der Waals surface area contributed by atoms with E-state index in [1.54, 1.807) is 0 Å². The predicted octanol–water partition coefficient (Wildman–Crippen LogP) is 0.00330. The van der Waals surface area contributed by atoms with E-state index < -0.39 is 23.9 Å². The molecule has 0 heterocycles. The zero-order valence-electron chi connectivity index (χ0n) is 9.66. The summed E-state index contributed by atoms with van der Waals surface area (Å²) in [7, 11) is 0. The number of unbranched alkanes of at least 4 members (excludes halogenated alkanes) is 1. The summed E-state index contributed by atoms with van der Waals surface area (Å²) < 4.78 is 0. The van der Waals surface area contributed by atoms with Crippen molar-refractivity contribution in [3.63, 3.8) is 0 Å². The normalized spacial score (nSPS) is 8.42. The minimum atomic E-state index is -1.08. The van der Waals surface area contributed by atoms with E-state index in [-0.39, 0.29) is 44.5 Å². The van der Waals surface area contributed by atoms with Gasteiger partial charge in [-0.1, -0.05) is 0 Å². The van der Waals surface area contributed by atoms with Crippen LogP contribution in [0.5, 0.6) is 0 Å². The van der Waals surface area contributed by atoms with Crippen LogP contribution in [0.25, 0.3) is 0 Å². The first-order chi connectivity index (χ1) is 8.25. The van der Waals surface area contributed by atoms with Crippen LogP contribution in [0, 0.1) is 0 Å². The zero-order chi connectivity index (χ0) is 14.6. The summed E-state index contributed by atoms with van der Waals surface area (Å²) in [6.07, 6.45) is 0.425. The van der Waals surface area contributed by atoms with Gasteiger partial charge in [0.15, 0.2) is 0 Å². The minimum absolute atomic E-state index is 0. The Balaban J connectivity index is -0.000000262. The molecule has 0 atom stereocenters. The molecule has 9 heteroatoms. The Kier molecular flexibility index (Phi) is 17.3. The molecule has 19 heavy (non-hydrogen) atoms. The predicted molar refractivity (Wildman–Crippen MR) is 65.4 cm³/mol. The van der Waals surface area contributed by atoms with Gasteiger partial charge in [0, 0.05) is 12.8 Å². The van der Waals surface area contributed by atoms with Gasteiger partial charge in [-0.15, -0.1) is 0 Å². The molecular formula is C10H17LiO8. The van der Waals surface area contributed by atoms with Crippen molar-refractivity contribution in [1.29, 1.82) is 0 Å². The molecule has 0 radical (unpaired) electrons. The van der Waals surface area contributed by atoms with Gasteiger partial charge >= 0.3 is 42.7 Å². The van der Waals surface area contributed by atoms with E-state index >= 15 is 0 Å². The molecule has 0 aromatic rings. The first-order valence-corrected chi connectivity index (χ1v) is 5.13. The summed E-state index contributed by atoms with van der Waals surface area (Å²) >= 11 is 0. The van der Waals surface area contributed by atoms with E-state index in [2.05, 4.69) is 0 Å². The molecule has 0 fully saturated rings. The molecule has 0 saturated carbocycles. The van der Waals surface area contributed by atoms with E-state index in [0.717, 1.165) is 0 Å². The second-order valence-electron chi connectivity index (χ2n) is 3.28. The van der Waals surface area contributed by atoms with Crippen LogP contribution in [0.3, 0.4) is 0 Å². The fourth-order valence-electron chi connectivity index (χ4n) is 0.766. The molecule has 0 spiro atoms. The van der Waals surface area contributed by atoms with Gasteiger partial charge in [0.05, 0.1) is 12.8 Å². The molecule has 0 aliphatic rings. The van der Waals surface area contributed by atoms with Crippen LogP contribution in [-0.4, -0.2) is 63.2 Å². The summed E-state index contributed by atoms with van der Waals surface area (Å²) in [4.78, 5) is 39.1. The monoisotopic (exact) mass is 272 g/mol. The van der Waals surface area contributed by atoms with Gasteiger partial charge in [-0.25, -0.2) is 0 Å². The van der Waals surface area contributed by atoms with Gasteiger partial charge in [0.25, 0.3) is 0 Å². The number of carbonyl (C=O) groups is 4. The van der Waals surface area contributed by atoms with Crippen molar-refractivity contribution in [2.75, 3.05) is 0 Å². The fourth-order valence-corrected chi connectivity index (χ4v) is 0.766. The van der Waals surface area contributed by atoms with Crippen LogP contribution in [0.2, 0.25) is 0 Å². The summed E-state index contributed by atoms with van der Waals surface area (Å²) in [5.41, 5.74) is 0. The van der Waals surface area contributed by atoms with Crippen molar-refractivity contribution in [1.82, 2.24) is 0 Å². The molecule has 0 aliphatic heterocycles. The van der Waals surface area contributed by atoms with Gasteiger partial charge in [0.2, 0.25) is 0 Å². The second-order valence-corrected chi connectivity index (χ2v) is 3.28. The van der Waals surface area contributed by atoms with E-state index in [4.69, 9.17) is 20.4 Å². The molecule has 0 unspecified atom stereocenters. The van der Waals surface area contributed by atoms with Gasteiger partial charge < -0.3 is 20.4 Å². The average molecular weight is 272 g/mol. The van der Waals surface area contributed by atoms with Crippen molar-refractivity contribution >= 4 is 42.7 Å². The average Bonchev–Trinajstić information content (AvgIpc) is 2.22. The van der Waals surface area contributed by atoms with Crippen molar-refractivity contribution in [2.45, 2.75) is 38.5 Å². The molecule has 0 aromatic carbocycles. The van der Waals surface area contributed by atoms with E-state index in [1.165, 1.54) is 0 Å². The standard InChI is InChI=1S/C6H10O4.C4H6O4.Li.H/c7-5(8)3-1-2-4-6(9)10;5-3(6)1-2-4(7)8;;/h1-4H2,(H,7,8)(H,9,10);1-2H2,(H,5,6)(H,7,8);;. The van der Waals surface area contributed by atoms with Gasteiger partial charge in [-0.2, -0.15) is 0 Å². The van der Waals surface area contributed by atoms with Crippen LogP contribution in [0.1, 0.15) is 38.5 Å². The van der Waals surface area contributed by atoms with Crippen molar-refractivity contribution < 1.29 is 39.6 Å². The molecule has 0 bridgehead atoms. The number of carboxylic acid groups (broad SMARTS) is 4. The Hall–Kier alpha value is -1.52. The number of rotatable bonds is 8. The Morgan fingerprint density at radius 3 is 0.895 bits per heavy atom. The summed E-state index contributed by atoms with van der Waals surface area (Å²) in [5, 5.41) is 32.1. The SMILES string of the molecule is O=C(O)CCC(=O)O.O=C(O)CCCCC(=O)O.[LiH]. The third kappa shape index (κ3) is 31.5. The van der Waals surface area contributed by atoms with Crippen LogP contribution in [0.4, 0.5) is 0 Å². The summed E-state index contributed by atoms with van der Waals surface area (Å²) in [6.45, 7) is 0. The third-order valence-electron chi connectivity index (χ3n) is 1.58. The number of aliphatic carboxylic acids is 4. The first-order valence-electron chi connectivity index (χ1n) is 5.13. The Bertz CT molecular complexity index is 272. The van der Waals surface area contributed by atoms with Crippen molar-refractivity contribution in [3.8, 4) is 0 Å². The van der Waals surface area contributed by atoms with Crippen molar-refractivity contribution in [3.05, 3.63) is 0 Å². The molecular weight excluding hydrogens is 255 g/mol. The van der Waals surface area contributed by atoms with Gasteiger partial charge in [0.1, 0.15) is 0 Å². The molecule has 0 amide bonds. The molecule has 0 saturated heterocycles. The maximum atomic E-state index is 9.90.